The van der Waals surface area contributed by atoms with E-state index in [-0.39, 0.29) is 0 Å². The lowest BCUT2D eigenvalue weighted by atomic mass is 10.6. The van der Waals surface area contributed by atoms with Crippen molar-refractivity contribution in [3.05, 3.63) is 18.9 Å². The van der Waals surface area contributed by atoms with Crippen LogP contribution < -0.4 is 4.84 Å². The second-order valence-electron chi connectivity index (χ2n) is 1.98. The normalized spacial score (nSPS) is 10.3. The third kappa shape index (κ3) is 0.813. The van der Waals surface area contributed by atoms with Crippen molar-refractivity contribution >= 4 is 11.2 Å². The van der Waals surface area contributed by atoms with Crippen molar-refractivity contribution in [2.45, 2.75) is 0 Å². The lowest BCUT2D eigenvalue weighted by Crippen LogP contribution is -2.03. The molecule has 0 N–H and O–H groups in total. The summed E-state index contributed by atoms with van der Waals surface area (Å²) in [4.78, 5) is 16.7. The Hall–Kier alpha value is -1.65. The lowest BCUT2D eigenvalue weighted by molar-refractivity contribution is 0.176. The molecule has 11 heavy (non-hydrogen) atoms. The highest BCUT2D eigenvalue weighted by Crippen LogP contribution is 2.03. The predicted molar refractivity (Wildman–Crippen MR) is 37.8 cm³/mol. The van der Waals surface area contributed by atoms with E-state index in [1.54, 1.807) is 19.6 Å². The molecule has 0 radical (unpaired) electrons. The molecule has 0 aliphatic heterocycles. The summed E-state index contributed by atoms with van der Waals surface area (Å²) in [5, 5.41) is 0. The van der Waals surface area contributed by atoms with Crippen LogP contribution in [0.2, 0.25) is 0 Å². The highest BCUT2D eigenvalue weighted by molar-refractivity contribution is 5.68. The second-order valence-corrected chi connectivity index (χ2v) is 1.98. The molecule has 0 amide bonds. The largest absolute Gasteiger partial charge is 0.414 e. The van der Waals surface area contributed by atoms with E-state index in [0.717, 1.165) is 5.52 Å². The smallest absolute Gasteiger partial charge is 0.198 e. The van der Waals surface area contributed by atoms with Crippen LogP contribution in [0.5, 0.6) is 0 Å². The van der Waals surface area contributed by atoms with Crippen LogP contribution in [0.1, 0.15) is 0 Å². The van der Waals surface area contributed by atoms with Crippen LogP contribution in [0.15, 0.2) is 18.9 Å². The molecule has 2 aromatic rings. The molecule has 0 unspecified atom stereocenters. The van der Waals surface area contributed by atoms with Gasteiger partial charge in [0.2, 0.25) is 0 Å². The molecule has 5 nitrogen and oxygen atoms in total. The van der Waals surface area contributed by atoms with Gasteiger partial charge in [0.05, 0.1) is 6.20 Å². The summed E-state index contributed by atoms with van der Waals surface area (Å²) in [6.07, 6.45) is 4.65. The summed E-state index contributed by atoms with van der Waals surface area (Å²) in [5.41, 5.74) is 1.41. The zero-order chi connectivity index (χ0) is 7.68. The standard InChI is InChI=1S/C6H6N4O/c1-11-10-4-9-5-2-7-3-8-6(5)10/h2-4H,1H3. The maximum Gasteiger partial charge on any atom is 0.198 e. The van der Waals surface area contributed by atoms with Crippen molar-refractivity contribution in [3.63, 3.8) is 0 Å². The Kier molecular flexibility index (Phi) is 1.21. The molecule has 56 valence electrons. The Morgan fingerprint density at radius 1 is 1.45 bits per heavy atom. The second kappa shape index (κ2) is 2.19. The van der Waals surface area contributed by atoms with E-state index < -0.39 is 0 Å². The van der Waals surface area contributed by atoms with E-state index in [9.17, 15) is 0 Å². The molecule has 0 saturated heterocycles. The van der Waals surface area contributed by atoms with Gasteiger partial charge in [-0.25, -0.2) is 15.0 Å². The van der Waals surface area contributed by atoms with E-state index in [4.69, 9.17) is 4.84 Å². The van der Waals surface area contributed by atoms with Gasteiger partial charge in [-0.2, -0.15) is 4.73 Å². The molecule has 5 heteroatoms. The summed E-state index contributed by atoms with van der Waals surface area (Å²) in [6, 6.07) is 0. The third-order valence-corrected chi connectivity index (χ3v) is 1.38. The monoisotopic (exact) mass is 150 g/mol. The SMILES string of the molecule is COn1cnc2cncnc21. The first kappa shape index (κ1) is 6.09. The van der Waals surface area contributed by atoms with Gasteiger partial charge in [-0.15, -0.1) is 0 Å². The summed E-state index contributed by atoms with van der Waals surface area (Å²) in [6.45, 7) is 0. The topological polar surface area (TPSA) is 52.8 Å². The van der Waals surface area contributed by atoms with E-state index in [0.29, 0.717) is 5.65 Å². The molecular formula is C6H6N4O. The average molecular weight is 150 g/mol. The minimum atomic E-state index is 0.683. The van der Waals surface area contributed by atoms with Crippen molar-refractivity contribution in [1.82, 2.24) is 19.7 Å². The van der Waals surface area contributed by atoms with Gasteiger partial charge >= 0.3 is 0 Å². The summed E-state index contributed by atoms with van der Waals surface area (Å²) < 4.78 is 1.48. The molecule has 0 aliphatic carbocycles. The van der Waals surface area contributed by atoms with Gasteiger partial charge in [-0.05, 0) is 0 Å². The van der Waals surface area contributed by atoms with Crippen LogP contribution in [0.4, 0.5) is 0 Å². The Labute approximate surface area is 62.6 Å². The van der Waals surface area contributed by atoms with Crippen LogP contribution in [-0.2, 0) is 0 Å². The molecule has 0 aliphatic rings. The molecule has 0 spiro atoms. The van der Waals surface area contributed by atoms with E-state index >= 15 is 0 Å². The van der Waals surface area contributed by atoms with Crippen molar-refractivity contribution in [2.75, 3.05) is 7.11 Å². The van der Waals surface area contributed by atoms with Crippen LogP contribution in [0, 0.1) is 0 Å². The Morgan fingerprint density at radius 2 is 2.36 bits per heavy atom. The first-order valence-electron chi connectivity index (χ1n) is 3.09. The summed E-state index contributed by atoms with van der Waals surface area (Å²) in [7, 11) is 1.56. The van der Waals surface area contributed by atoms with Crippen molar-refractivity contribution < 1.29 is 4.84 Å². The fourth-order valence-corrected chi connectivity index (χ4v) is 0.880. The lowest BCUT2D eigenvalue weighted by Gasteiger charge is -1.96. The number of nitrogens with zero attached hydrogens (tertiary/aromatic N) is 4. The van der Waals surface area contributed by atoms with Crippen LogP contribution in [-0.4, -0.2) is 26.8 Å². The van der Waals surface area contributed by atoms with Crippen molar-refractivity contribution in [3.8, 4) is 0 Å². The fourth-order valence-electron chi connectivity index (χ4n) is 0.880. The van der Waals surface area contributed by atoms with E-state index in [2.05, 4.69) is 15.0 Å². The zero-order valence-electron chi connectivity index (χ0n) is 5.93. The maximum absolute atomic E-state index is 4.93. The first-order chi connectivity index (χ1) is 5.42. The van der Waals surface area contributed by atoms with Gasteiger partial charge < -0.3 is 4.84 Å². The number of rotatable bonds is 1. The summed E-state index contributed by atoms with van der Waals surface area (Å²) in [5.74, 6) is 0. The predicted octanol–water partition coefficient (Wildman–Crippen LogP) is -0.115. The van der Waals surface area contributed by atoms with Crippen LogP contribution in [0.25, 0.3) is 11.2 Å². The Morgan fingerprint density at radius 3 is 3.18 bits per heavy atom. The maximum atomic E-state index is 4.93. The number of imidazole rings is 1. The number of aromatic nitrogens is 4. The molecule has 0 fully saturated rings. The van der Waals surface area contributed by atoms with Crippen molar-refractivity contribution in [1.29, 1.82) is 0 Å². The van der Waals surface area contributed by atoms with Gasteiger partial charge in [0.25, 0.3) is 0 Å². The van der Waals surface area contributed by atoms with Crippen LogP contribution in [0.3, 0.4) is 0 Å². The van der Waals surface area contributed by atoms with Gasteiger partial charge in [0, 0.05) is 0 Å². The van der Waals surface area contributed by atoms with Crippen LogP contribution >= 0.6 is 0 Å². The van der Waals surface area contributed by atoms with Gasteiger partial charge in [0.15, 0.2) is 5.65 Å². The minimum Gasteiger partial charge on any atom is -0.414 e. The molecule has 0 saturated carbocycles. The molecule has 2 heterocycles. The Bertz CT molecular complexity index is 369. The zero-order valence-corrected chi connectivity index (χ0v) is 5.93. The highest BCUT2D eigenvalue weighted by atomic mass is 16.6. The van der Waals surface area contributed by atoms with E-state index in [1.807, 2.05) is 0 Å². The van der Waals surface area contributed by atoms with E-state index in [1.165, 1.54) is 11.1 Å². The Balaban J connectivity index is 2.76. The van der Waals surface area contributed by atoms with Crippen molar-refractivity contribution in [2.24, 2.45) is 0 Å². The molecule has 0 bridgehead atoms. The molecule has 2 rings (SSSR count). The number of fused-ring (bicyclic) bond motifs is 1. The fraction of sp³-hybridized carbons (Fsp3) is 0.167. The summed E-state index contributed by atoms with van der Waals surface area (Å²) >= 11 is 0. The average Bonchev–Trinajstić information content (AvgIpc) is 2.47. The quantitative estimate of drug-likeness (QED) is 0.569. The molecule has 2 aromatic heterocycles. The first-order valence-corrected chi connectivity index (χ1v) is 3.09. The number of hydrogen-bond acceptors (Lipinski definition) is 4. The van der Waals surface area contributed by atoms with Gasteiger partial charge in [-0.3, -0.25) is 0 Å². The highest BCUT2D eigenvalue weighted by Gasteiger charge is 2.00. The third-order valence-electron chi connectivity index (χ3n) is 1.38. The molecule has 0 aromatic carbocycles. The molecule has 0 atom stereocenters. The minimum absolute atomic E-state index is 0.683. The van der Waals surface area contributed by atoms with Gasteiger partial charge in [0.1, 0.15) is 25.3 Å². The number of hydrogen-bond donors (Lipinski definition) is 0. The molecular weight excluding hydrogens is 144 g/mol. The van der Waals surface area contributed by atoms with Gasteiger partial charge in [-0.1, -0.05) is 0 Å².